The summed E-state index contributed by atoms with van der Waals surface area (Å²) < 4.78 is 16.6. The summed E-state index contributed by atoms with van der Waals surface area (Å²) in [6, 6.07) is 33.2. The van der Waals surface area contributed by atoms with Crippen molar-refractivity contribution in [3.8, 4) is 11.1 Å². The molecule has 0 saturated carbocycles. The Morgan fingerprint density at radius 2 is 1.29 bits per heavy atom. The van der Waals surface area contributed by atoms with Gasteiger partial charge >= 0.3 is 24.2 Å². The van der Waals surface area contributed by atoms with Crippen molar-refractivity contribution >= 4 is 24.2 Å². The van der Waals surface area contributed by atoms with Gasteiger partial charge in [-0.1, -0.05) is 114 Å². The van der Waals surface area contributed by atoms with Crippen LogP contribution in [0, 0.1) is 0 Å². The lowest BCUT2D eigenvalue weighted by molar-refractivity contribution is 0.133. The number of alkyl carbamates (subject to hydrolysis) is 2. The molecule has 4 N–H and O–H groups in total. The third-order valence-corrected chi connectivity index (χ3v) is 7.77. The molecule has 0 aliphatic heterocycles. The number of nitrogens with zero attached hydrogens (tertiary/aromatic N) is 2. The van der Waals surface area contributed by atoms with Gasteiger partial charge in [0.25, 0.3) is 0 Å². The van der Waals surface area contributed by atoms with Crippen molar-refractivity contribution in [3.05, 3.63) is 137 Å². The van der Waals surface area contributed by atoms with Crippen molar-refractivity contribution in [2.75, 3.05) is 11.9 Å². The van der Waals surface area contributed by atoms with Gasteiger partial charge in [0.1, 0.15) is 25.4 Å². The molecule has 5 aromatic rings. The molecule has 48 heavy (non-hydrogen) atoms. The Hall–Kier alpha value is -6.17. The monoisotopic (exact) mass is 646 g/mol. The summed E-state index contributed by atoms with van der Waals surface area (Å²) in [5.74, 6) is -0.0250. The molecule has 12 heteroatoms. The first kappa shape index (κ1) is 31.8. The van der Waals surface area contributed by atoms with Gasteiger partial charge in [0.15, 0.2) is 0 Å². The number of hydrogen-bond acceptors (Lipinski definition) is 8. The molecule has 1 aliphatic rings. The average molecular weight is 647 g/mol. The predicted octanol–water partition coefficient (Wildman–Crippen LogP) is 6.29. The quantitative estimate of drug-likeness (QED) is 0.122. The second-order valence-electron chi connectivity index (χ2n) is 11.2. The minimum Gasteiger partial charge on any atom is -0.449 e. The fourth-order valence-corrected chi connectivity index (χ4v) is 5.57. The van der Waals surface area contributed by atoms with E-state index in [4.69, 9.17) is 13.9 Å². The lowest BCUT2D eigenvalue weighted by Gasteiger charge is -2.18. The zero-order valence-corrected chi connectivity index (χ0v) is 26.1. The van der Waals surface area contributed by atoms with E-state index in [0.29, 0.717) is 6.42 Å². The number of ether oxygens (including phenoxy) is 2. The van der Waals surface area contributed by atoms with Crippen molar-refractivity contribution < 1.29 is 28.3 Å². The van der Waals surface area contributed by atoms with E-state index in [9.17, 15) is 14.4 Å². The van der Waals surface area contributed by atoms with Crippen LogP contribution in [0.2, 0.25) is 0 Å². The van der Waals surface area contributed by atoms with E-state index < -0.39 is 30.4 Å². The lowest BCUT2D eigenvalue weighted by Crippen LogP contribution is -2.47. The normalized spacial score (nSPS) is 12.9. The number of aromatic nitrogens is 2. The van der Waals surface area contributed by atoms with Crippen LogP contribution in [0.15, 0.2) is 114 Å². The summed E-state index contributed by atoms with van der Waals surface area (Å²) in [4.78, 5) is 38.0. The van der Waals surface area contributed by atoms with Gasteiger partial charge in [-0.2, -0.15) is 0 Å². The number of fused-ring (bicyclic) bond motifs is 3. The molecule has 6 rings (SSSR count). The number of nitrogens with one attached hydrogen (secondary N) is 4. The zero-order chi connectivity index (χ0) is 33.3. The molecule has 0 spiro atoms. The van der Waals surface area contributed by atoms with Gasteiger partial charge in [-0.25, -0.2) is 14.4 Å². The summed E-state index contributed by atoms with van der Waals surface area (Å²) in [7, 11) is 0. The van der Waals surface area contributed by atoms with Crippen molar-refractivity contribution in [2.24, 2.45) is 0 Å². The molecule has 0 bridgehead atoms. The summed E-state index contributed by atoms with van der Waals surface area (Å²) in [6.45, 7) is 1.81. The SMILES string of the molecule is C[C@@H](NC(=O)Nc1nnc([C@H](Cc2ccccc2)NC(=O)OCc2ccccc2)o1)NC(=O)OCC1c2ccccc2-c2ccccc21. The fourth-order valence-electron chi connectivity index (χ4n) is 5.57. The minimum atomic E-state index is -0.796. The summed E-state index contributed by atoms with van der Waals surface area (Å²) in [5.41, 5.74) is 6.20. The molecular weight excluding hydrogens is 612 g/mol. The summed E-state index contributed by atoms with van der Waals surface area (Å²) in [5, 5.41) is 18.4. The molecule has 4 amide bonds. The Balaban J connectivity index is 1.01. The third kappa shape index (κ3) is 7.97. The van der Waals surface area contributed by atoms with Gasteiger partial charge in [0, 0.05) is 12.3 Å². The van der Waals surface area contributed by atoms with Crippen LogP contribution in [0.25, 0.3) is 11.1 Å². The number of anilines is 1. The smallest absolute Gasteiger partial charge is 0.408 e. The maximum Gasteiger partial charge on any atom is 0.408 e. The first-order chi connectivity index (χ1) is 23.4. The maximum absolute atomic E-state index is 12.7. The van der Waals surface area contributed by atoms with E-state index in [-0.39, 0.29) is 31.0 Å². The Labute approximate surface area is 276 Å². The number of carbonyl (C=O) groups excluding carboxylic acids is 3. The van der Waals surface area contributed by atoms with Gasteiger partial charge in [0.05, 0.1) is 0 Å². The van der Waals surface area contributed by atoms with E-state index in [2.05, 4.69) is 43.6 Å². The van der Waals surface area contributed by atoms with Crippen LogP contribution in [-0.4, -0.2) is 41.2 Å². The molecule has 0 fully saturated rings. The number of rotatable bonds is 11. The van der Waals surface area contributed by atoms with Gasteiger partial charge in [0.2, 0.25) is 5.89 Å². The highest BCUT2D eigenvalue weighted by Crippen LogP contribution is 2.44. The highest BCUT2D eigenvalue weighted by Gasteiger charge is 2.29. The Morgan fingerprint density at radius 1 is 0.708 bits per heavy atom. The van der Waals surface area contributed by atoms with Gasteiger partial charge < -0.3 is 29.8 Å². The molecule has 244 valence electrons. The Morgan fingerprint density at radius 3 is 1.96 bits per heavy atom. The van der Waals surface area contributed by atoms with Crippen LogP contribution in [-0.2, 0) is 22.5 Å². The summed E-state index contributed by atoms with van der Waals surface area (Å²) >= 11 is 0. The molecule has 4 aromatic carbocycles. The number of benzene rings is 4. The summed E-state index contributed by atoms with van der Waals surface area (Å²) in [6.07, 6.45) is -1.82. The van der Waals surface area contributed by atoms with E-state index in [1.165, 1.54) is 0 Å². The van der Waals surface area contributed by atoms with Crippen LogP contribution in [0.4, 0.5) is 20.4 Å². The van der Waals surface area contributed by atoms with Crippen molar-refractivity contribution in [1.82, 2.24) is 26.1 Å². The van der Waals surface area contributed by atoms with Crippen molar-refractivity contribution in [1.29, 1.82) is 0 Å². The zero-order valence-electron chi connectivity index (χ0n) is 26.1. The molecule has 1 heterocycles. The number of amides is 4. The standard InChI is InChI=1S/C36H34N6O6/c1-23(38-35(44)47-22-30-28-18-10-8-16-26(28)27-17-9-11-19-29(27)30)37-33(43)40-34-42-41-32(48-34)31(20-24-12-4-2-5-13-24)39-36(45)46-21-25-14-6-3-7-15-25/h2-19,23,30-31H,20-22H2,1H3,(H,38,44)(H,39,45)(H2,37,40,42,43)/t23-,31-/m0/s1. The van der Waals surface area contributed by atoms with Gasteiger partial charge in [-0.05, 0) is 40.3 Å². The lowest BCUT2D eigenvalue weighted by atomic mass is 9.98. The highest BCUT2D eigenvalue weighted by molar-refractivity contribution is 5.87. The van der Waals surface area contributed by atoms with E-state index >= 15 is 0 Å². The van der Waals surface area contributed by atoms with E-state index in [1.807, 2.05) is 97.1 Å². The highest BCUT2D eigenvalue weighted by atomic mass is 16.6. The number of hydrogen-bond donors (Lipinski definition) is 4. The van der Waals surface area contributed by atoms with Crippen LogP contribution in [0.1, 0.15) is 47.0 Å². The maximum atomic E-state index is 12.7. The van der Waals surface area contributed by atoms with Crippen molar-refractivity contribution in [2.45, 2.75) is 38.1 Å². The molecule has 1 aromatic heterocycles. The van der Waals surface area contributed by atoms with Gasteiger partial charge in [-0.15, -0.1) is 5.10 Å². The predicted molar refractivity (Wildman–Crippen MR) is 177 cm³/mol. The molecule has 1 aliphatic carbocycles. The topological polar surface area (TPSA) is 157 Å². The molecule has 2 atom stereocenters. The molecular formula is C36H34N6O6. The number of urea groups is 1. The first-order valence-corrected chi connectivity index (χ1v) is 15.5. The second-order valence-corrected chi connectivity index (χ2v) is 11.2. The average Bonchev–Trinajstić information content (AvgIpc) is 3.69. The fraction of sp³-hybridized carbons (Fsp3) is 0.194. The van der Waals surface area contributed by atoms with E-state index in [0.717, 1.165) is 33.4 Å². The Bertz CT molecular complexity index is 1820. The van der Waals surface area contributed by atoms with Crippen molar-refractivity contribution in [3.63, 3.8) is 0 Å². The molecule has 12 nitrogen and oxygen atoms in total. The third-order valence-electron chi connectivity index (χ3n) is 7.77. The molecule has 0 radical (unpaired) electrons. The molecule has 0 saturated heterocycles. The van der Waals surface area contributed by atoms with Crippen LogP contribution in [0.5, 0.6) is 0 Å². The number of carbonyl (C=O) groups is 3. The minimum absolute atomic E-state index is 0.0654. The van der Waals surface area contributed by atoms with Crippen LogP contribution >= 0.6 is 0 Å². The van der Waals surface area contributed by atoms with Crippen LogP contribution < -0.4 is 21.3 Å². The first-order valence-electron chi connectivity index (χ1n) is 15.5. The largest absolute Gasteiger partial charge is 0.449 e. The van der Waals surface area contributed by atoms with Gasteiger partial charge in [-0.3, -0.25) is 5.32 Å². The van der Waals surface area contributed by atoms with E-state index in [1.54, 1.807) is 6.92 Å². The molecule has 0 unspecified atom stereocenters. The Kier molecular flexibility index (Phi) is 9.90. The second kappa shape index (κ2) is 14.9. The van der Waals surface area contributed by atoms with Crippen LogP contribution in [0.3, 0.4) is 0 Å².